The van der Waals surface area contributed by atoms with Crippen molar-refractivity contribution in [2.75, 3.05) is 0 Å². The molecule has 4 N–H and O–H groups in total. The molecule has 0 bridgehead atoms. The number of hydroxylamine groups is 1. The zero-order valence-electron chi connectivity index (χ0n) is 15.5. The average molecular weight is 344 g/mol. The van der Waals surface area contributed by atoms with Crippen LogP contribution in [0, 0.1) is 23.2 Å². The summed E-state index contributed by atoms with van der Waals surface area (Å²) in [7, 11) is 0. The molecule has 0 radical (unpaired) electrons. The maximum Gasteiger partial charge on any atom is 0.326 e. The van der Waals surface area contributed by atoms with Gasteiger partial charge in [-0.15, -0.1) is 0 Å². The zero-order chi connectivity index (χ0) is 19.1. The lowest BCUT2D eigenvalue weighted by atomic mass is 9.80. The van der Waals surface area contributed by atoms with E-state index in [0.29, 0.717) is 19.3 Å². The van der Waals surface area contributed by atoms with Gasteiger partial charge in [-0.1, -0.05) is 48.0 Å². The van der Waals surface area contributed by atoms with Crippen molar-refractivity contribution in [3.8, 4) is 0 Å². The first-order valence-corrected chi connectivity index (χ1v) is 8.42. The second-order valence-corrected chi connectivity index (χ2v) is 7.75. The molecular formula is C17H32N2O5. The van der Waals surface area contributed by atoms with Crippen LogP contribution in [-0.2, 0) is 14.4 Å². The summed E-state index contributed by atoms with van der Waals surface area (Å²) in [4.78, 5) is 36.2. The van der Waals surface area contributed by atoms with Gasteiger partial charge in [0.15, 0.2) is 0 Å². The first-order valence-electron chi connectivity index (χ1n) is 8.42. The van der Waals surface area contributed by atoms with E-state index in [1.807, 2.05) is 20.8 Å². The summed E-state index contributed by atoms with van der Waals surface area (Å²) in [6.07, 6.45) is 1.53. The van der Waals surface area contributed by atoms with Crippen molar-refractivity contribution in [1.29, 1.82) is 0 Å². The van der Waals surface area contributed by atoms with Gasteiger partial charge in [-0.05, 0) is 24.2 Å². The summed E-state index contributed by atoms with van der Waals surface area (Å²) >= 11 is 0. The minimum Gasteiger partial charge on any atom is -0.480 e. The van der Waals surface area contributed by atoms with Crippen LogP contribution in [0.5, 0.6) is 0 Å². The Labute approximate surface area is 144 Å². The van der Waals surface area contributed by atoms with Gasteiger partial charge in [0, 0.05) is 5.92 Å². The number of hydrogen-bond donors (Lipinski definition) is 4. The van der Waals surface area contributed by atoms with Crippen LogP contribution in [0.3, 0.4) is 0 Å². The van der Waals surface area contributed by atoms with E-state index in [-0.39, 0.29) is 5.92 Å². The highest BCUT2D eigenvalue weighted by atomic mass is 16.5. The molecular weight excluding hydrogens is 312 g/mol. The maximum atomic E-state index is 12.7. The Kier molecular flexibility index (Phi) is 8.96. The fourth-order valence-corrected chi connectivity index (χ4v) is 2.77. The van der Waals surface area contributed by atoms with Crippen LogP contribution in [0.4, 0.5) is 0 Å². The predicted octanol–water partition coefficient (Wildman–Crippen LogP) is 2.19. The Balaban J connectivity index is 5.52. The minimum atomic E-state index is -1.11. The van der Waals surface area contributed by atoms with Crippen molar-refractivity contribution < 1.29 is 24.7 Å². The third kappa shape index (κ3) is 6.86. The molecule has 0 aliphatic carbocycles. The highest BCUT2D eigenvalue weighted by Gasteiger charge is 2.38. The van der Waals surface area contributed by atoms with Crippen molar-refractivity contribution in [3.63, 3.8) is 0 Å². The Bertz CT molecular complexity index is 443. The molecule has 3 atom stereocenters. The number of hydrogen-bond acceptors (Lipinski definition) is 4. The highest BCUT2D eigenvalue weighted by molar-refractivity contribution is 5.90. The Morgan fingerprint density at radius 1 is 1.04 bits per heavy atom. The van der Waals surface area contributed by atoms with Crippen molar-refractivity contribution in [3.05, 3.63) is 0 Å². The van der Waals surface area contributed by atoms with Crippen molar-refractivity contribution >= 4 is 17.8 Å². The van der Waals surface area contributed by atoms with E-state index in [2.05, 4.69) is 5.32 Å². The van der Waals surface area contributed by atoms with E-state index < -0.39 is 41.1 Å². The molecule has 0 unspecified atom stereocenters. The molecule has 0 aliphatic heterocycles. The topological polar surface area (TPSA) is 116 Å². The molecule has 0 rings (SSSR count). The third-order valence-corrected chi connectivity index (χ3v) is 3.99. The monoisotopic (exact) mass is 344 g/mol. The maximum absolute atomic E-state index is 12.7. The van der Waals surface area contributed by atoms with E-state index in [9.17, 15) is 19.5 Å². The SMILES string of the molecule is CCC[C@H](C(=O)NO)[C@@H](CC(C)C)C(=O)N[C@H](C(=O)O)C(C)(C)C. The van der Waals surface area contributed by atoms with Gasteiger partial charge in [0.2, 0.25) is 11.8 Å². The molecule has 0 aliphatic rings. The van der Waals surface area contributed by atoms with Gasteiger partial charge in [-0.2, -0.15) is 0 Å². The van der Waals surface area contributed by atoms with Gasteiger partial charge in [0.1, 0.15) is 6.04 Å². The number of rotatable bonds is 9. The van der Waals surface area contributed by atoms with Crippen LogP contribution in [0.15, 0.2) is 0 Å². The molecule has 7 nitrogen and oxygen atoms in total. The second kappa shape index (κ2) is 9.61. The lowest BCUT2D eigenvalue weighted by Crippen LogP contribution is -2.52. The van der Waals surface area contributed by atoms with E-state index >= 15 is 0 Å². The molecule has 0 aromatic carbocycles. The van der Waals surface area contributed by atoms with Crippen molar-refractivity contribution in [2.45, 2.75) is 66.8 Å². The number of carboxylic acid groups (broad SMARTS) is 1. The fourth-order valence-electron chi connectivity index (χ4n) is 2.77. The average Bonchev–Trinajstić information content (AvgIpc) is 2.45. The summed E-state index contributed by atoms with van der Waals surface area (Å²) in [6.45, 7) is 10.9. The number of carbonyl (C=O) groups is 3. The smallest absolute Gasteiger partial charge is 0.326 e. The van der Waals surface area contributed by atoms with E-state index in [4.69, 9.17) is 5.21 Å². The van der Waals surface area contributed by atoms with Crippen LogP contribution in [0.2, 0.25) is 0 Å². The predicted molar refractivity (Wildman–Crippen MR) is 90.3 cm³/mol. The Morgan fingerprint density at radius 2 is 1.58 bits per heavy atom. The fraction of sp³-hybridized carbons (Fsp3) is 0.824. The summed E-state index contributed by atoms with van der Waals surface area (Å²) in [5.41, 5.74) is 0.966. The Hall–Kier alpha value is -1.63. The van der Waals surface area contributed by atoms with E-state index in [1.165, 1.54) is 0 Å². The molecule has 24 heavy (non-hydrogen) atoms. The van der Waals surface area contributed by atoms with Crippen LogP contribution in [0.1, 0.15) is 60.8 Å². The number of carboxylic acids is 1. The molecule has 0 saturated heterocycles. The molecule has 0 aromatic heterocycles. The highest BCUT2D eigenvalue weighted by Crippen LogP contribution is 2.27. The normalized spacial score (nSPS) is 15.5. The molecule has 0 fully saturated rings. The van der Waals surface area contributed by atoms with Crippen LogP contribution in [0.25, 0.3) is 0 Å². The molecule has 7 heteroatoms. The van der Waals surface area contributed by atoms with Gasteiger partial charge >= 0.3 is 5.97 Å². The summed E-state index contributed by atoms with van der Waals surface area (Å²) < 4.78 is 0. The number of amides is 2. The molecule has 0 saturated carbocycles. The second-order valence-electron chi connectivity index (χ2n) is 7.75. The summed E-state index contributed by atoms with van der Waals surface area (Å²) in [5.74, 6) is -3.44. The van der Waals surface area contributed by atoms with Crippen molar-refractivity contribution in [2.24, 2.45) is 23.2 Å². The number of aliphatic carboxylic acids is 1. The number of nitrogens with one attached hydrogen (secondary N) is 2. The third-order valence-electron chi connectivity index (χ3n) is 3.99. The van der Waals surface area contributed by atoms with Gasteiger partial charge in [0.05, 0.1) is 5.92 Å². The van der Waals surface area contributed by atoms with Gasteiger partial charge in [-0.25, -0.2) is 10.3 Å². The van der Waals surface area contributed by atoms with Crippen molar-refractivity contribution in [1.82, 2.24) is 10.8 Å². The standard InChI is InChI=1S/C17H32N2O5/c1-7-8-11(15(21)19-24)12(9-10(2)3)14(20)18-13(16(22)23)17(4,5)6/h10-13,24H,7-9H2,1-6H3,(H,18,20)(H,19,21)(H,22,23)/t11-,12+,13+/m0/s1. The lowest BCUT2D eigenvalue weighted by Gasteiger charge is -2.32. The van der Waals surface area contributed by atoms with Gasteiger partial charge in [-0.3, -0.25) is 14.8 Å². The first-order chi connectivity index (χ1) is 10.9. The lowest BCUT2D eigenvalue weighted by molar-refractivity contribution is -0.147. The zero-order valence-corrected chi connectivity index (χ0v) is 15.5. The molecule has 2 amide bonds. The largest absolute Gasteiger partial charge is 0.480 e. The summed E-state index contributed by atoms with van der Waals surface area (Å²) in [6, 6.07) is -1.06. The number of carbonyl (C=O) groups excluding carboxylic acids is 2. The van der Waals surface area contributed by atoms with Crippen LogP contribution < -0.4 is 10.8 Å². The Morgan fingerprint density at radius 3 is 1.92 bits per heavy atom. The van der Waals surface area contributed by atoms with E-state index in [0.717, 1.165) is 0 Å². The van der Waals surface area contributed by atoms with Crippen LogP contribution >= 0.6 is 0 Å². The quantitative estimate of drug-likeness (QED) is 0.378. The molecule has 0 heterocycles. The summed E-state index contributed by atoms with van der Waals surface area (Å²) in [5, 5.41) is 20.9. The van der Waals surface area contributed by atoms with Crippen LogP contribution in [-0.4, -0.2) is 34.1 Å². The molecule has 140 valence electrons. The van der Waals surface area contributed by atoms with Gasteiger partial charge < -0.3 is 10.4 Å². The first kappa shape index (κ1) is 22.4. The molecule has 0 aromatic rings. The molecule has 0 spiro atoms. The van der Waals surface area contributed by atoms with Gasteiger partial charge in [0.25, 0.3) is 0 Å². The van der Waals surface area contributed by atoms with E-state index in [1.54, 1.807) is 26.3 Å². The minimum absolute atomic E-state index is 0.143.